The second-order valence-corrected chi connectivity index (χ2v) is 4.60. The molecule has 0 saturated carbocycles. The van der Waals surface area contributed by atoms with Gasteiger partial charge in [-0.3, -0.25) is 4.79 Å². The smallest absolute Gasteiger partial charge is 0.359 e. The summed E-state index contributed by atoms with van der Waals surface area (Å²) in [7, 11) is 0. The minimum atomic E-state index is -0.800. The van der Waals surface area contributed by atoms with Crippen molar-refractivity contribution in [1.29, 1.82) is 0 Å². The lowest BCUT2D eigenvalue weighted by molar-refractivity contribution is 0.0521. The van der Waals surface area contributed by atoms with E-state index >= 15 is 0 Å². The maximum atomic E-state index is 12.9. The zero-order valence-corrected chi connectivity index (χ0v) is 12.5. The normalized spacial score (nSPS) is 10.2. The summed E-state index contributed by atoms with van der Waals surface area (Å²) in [5.74, 6) is -1.68. The Labute approximate surface area is 130 Å². The third-order valence-corrected chi connectivity index (χ3v) is 2.98. The highest BCUT2D eigenvalue weighted by Crippen LogP contribution is 2.14. The summed E-state index contributed by atoms with van der Waals surface area (Å²) in [6.45, 7) is 3.25. The van der Waals surface area contributed by atoms with Crippen molar-refractivity contribution in [2.45, 2.75) is 13.8 Å². The number of anilines is 1. The van der Waals surface area contributed by atoms with Crippen LogP contribution in [0.4, 0.5) is 10.1 Å². The molecule has 0 radical (unpaired) electrons. The van der Waals surface area contributed by atoms with Crippen molar-refractivity contribution in [2.75, 3.05) is 11.9 Å². The molecule has 1 N–H and O–H groups in total. The SMILES string of the molecule is CCOC(=O)c1cc(NC(=O)c2ccc(F)cc2)c(=O)oc1C. The minimum absolute atomic E-state index is 0.0425. The first-order chi connectivity index (χ1) is 10.9. The fourth-order valence-electron chi connectivity index (χ4n) is 1.85. The molecule has 23 heavy (non-hydrogen) atoms. The predicted molar refractivity (Wildman–Crippen MR) is 80.0 cm³/mol. The number of esters is 1. The van der Waals surface area contributed by atoms with E-state index in [-0.39, 0.29) is 29.2 Å². The van der Waals surface area contributed by atoms with E-state index in [0.29, 0.717) is 0 Å². The first-order valence-electron chi connectivity index (χ1n) is 6.81. The Morgan fingerprint density at radius 3 is 2.52 bits per heavy atom. The average Bonchev–Trinajstić information content (AvgIpc) is 2.50. The van der Waals surface area contributed by atoms with Crippen LogP contribution in [0.1, 0.15) is 33.4 Å². The van der Waals surface area contributed by atoms with Crippen molar-refractivity contribution in [3.8, 4) is 0 Å². The molecular formula is C16H14FNO5. The highest BCUT2D eigenvalue weighted by Gasteiger charge is 2.17. The van der Waals surface area contributed by atoms with Crippen LogP contribution in [0.15, 0.2) is 39.5 Å². The number of aryl methyl sites for hydroxylation is 1. The van der Waals surface area contributed by atoms with Crippen molar-refractivity contribution in [3.63, 3.8) is 0 Å². The van der Waals surface area contributed by atoms with Crippen molar-refractivity contribution in [1.82, 2.24) is 0 Å². The molecule has 120 valence electrons. The molecule has 0 bridgehead atoms. The lowest BCUT2D eigenvalue weighted by atomic mass is 10.2. The largest absolute Gasteiger partial charge is 0.462 e. The summed E-state index contributed by atoms with van der Waals surface area (Å²) in [6, 6.07) is 5.98. The Balaban J connectivity index is 2.30. The topological polar surface area (TPSA) is 85.6 Å². The molecule has 6 nitrogen and oxygen atoms in total. The molecule has 0 aliphatic heterocycles. The highest BCUT2D eigenvalue weighted by molar-refractivity contribution is 6.04. The number of benzene rings is 1. The molecule has 1 aromatic heterocycles. The maximum Gasteiger partial charge on any atom is 0.359 e. The minimum Gasteiger partial charge on any atom is -0.462 e. The summed E-state index contributed by atoms with van der Waals surface area (Å²) < 4.78 is 22.6. The molecule has 7 heteroatoms. The van der Waals surface area contributed by atoms with Crippen molar-refractivity contribution in [3.05, 3.63) is 63.5 Å². The summed E-state index contributed by atoms with van der Waals surface area (Å²) >= 11 is 0. The predicted octanol–water partition coefficient (Wildman–Crippen LogP) is 2.52. The molecule has 2 rings (SSSR count). The number of rotatable bonds is 4. The number of nitrogens with one attached hydrogen (secondary N) is 1. The molecule has 0 atom stereocenters. The number of carbonyl (C=O) groups is 2. The summed E-state index contributed by atoms with van der Waals surface area (Å²) in [4.78, 5) is 35.6. The van der Waals surface area contributed by atoms with Crippen LogP contribution in [0.5, 0.6) is 0 Å². The van der Waals surface area contributed by atoms with Crippen LogP contribution in [0.2, 0.25) is 0 Å². The summed E-state index contributed by atoms with van der Waals surface area (Å²) in [5.41, 5.74) is -0.802. The third-order valence-electron chi connectivity index (χ3n) is 2.98. The van der Waals surface area contributed by atoms with Crippen LogP contribution in [0.3, 0.4) is 0 Å². The van der Waals surface area contributed by atoms with Gasteiger partial charge in [0.15, 0.2) is 0 Å². The zero-order chi connectivity index (χ0) is 17.0. The van der Waals surface area contributed by atoms with Crippen LogP contribution in [0.25, 0.3) is 0 Å². The van der Waals surface area contributed by atoms with E-state index in [0.717, 1.165) is 12.1 Å². The second-order valence-electron chi connectivity index (χ2n) is 4.60. The van der Waals surface area contributed by atoms with Gasteiger partial charge in [-0.15, -0.1) is 0 Å². The molecule has 0 aliphatic rings. The van der Waals surface area contributed by atoms with E-state index in [1.54, 1.807) is 6.92 Å². The molecule has 0 unspecified atom stereocenters. The van der Waals surface area contributed by atoms with E-state index in [1.165, 1.54) is 25.1 Å². The fraction of sp³-hybridized carbons (Fsp3) is 0.188. The molecule has 0 saturated heterocycles. The first kappa shape index (κ1) is 16.4. The maximum absolute atomic E-state index is 12.9. The van der Waals surface area contributed by atoms with Gasteiger partial charge in [0.25, 0.3) is 5.91 Å². The average molecular weight is 319 g/mol. The van der Waals surface area contributed by atoms with Gasteiger partial charge >= 0.3 is 11.6 Å². The Bertz CT molecular complexity index is 795. The Kier molecular flexibility index (Phi) is 4.90. The van der Waals surface area contributed by atoms with E-state index in [1.807, 2.05) is 0 Å². The van der Waals surface area contributed by atoms with E-state index in [2.05, 4.69) is 5.32 Å². The molecular weight excluding hydrogens is 305 g/mol. The number of ether oxygens (including phenoxy) is 1. The van der Waals surface area contributed by atoms with Crippen LogP contribution >= 0.6 is 0 Å². The van der Waals surface area contributed by atoms with E-state index in [9.17, 15) is 18.8 Å². The van der Waals surface area contributed by atoms with Gasteiger partial charge in [-0.25, -0.2) is 14.0 Å². The van der Waals surface area contributed by atoms with Crippen LogP contribution in [-0.2, 0) is 4.74 Å². The van der Waals surface area contributed by atoms with Crippen LogP contribution in [-0.4, -0.2) is 18.5 Å². The van der Waals surface area contributed by atoms with Gasteiger partial charge in [-0.05, 0) is 44.2 Å². The number of hydrogen-bond donors (Lipinski definition) is 1. The van der Waals surface area contributed by atoms with Crippen molar-refractivity contribution >= 4 is 17.6 Å². The standard InChI is InChI=1S/C16H14FNO5/c1-3-22-15(20)12-8-13(16(21)23-9(12)2)18-14(19)10-4-6-11(17)7-5-10/h4-8H,3H2,1-2H3,(H,18,19). The second kappa shape index (κ2) is 6.87. The van der Waals surface area contributed by atoms with Gasteiger partial charge in [0.1, 0.15) is 22.8 Å². The van der Waals surface area contributed by atoms with Gasteiger partial charge in [0.05, 0.1) is 6.61 Å². The zero-order valence-electron chi connectivity index (χ0n) is 12.5. The number of hydrogen-bond acceptors (Lipinski definition) is 5. The van der Waals surface area contributed by atoms with Crippen LogP contribution in [0, 0.1) is 12.7 Å². The number of carbonyl (C=O) groups excluding carboxylic acids is 2. The van der Waals surface area contributed by atoms with Crippen LogP contribution < -0.4 is 10.9 Å². The van der Waals surface area contributed by atoms with Gasteiger partial charge in [0, 0.05) is 5.56 Å². The van der Waals surface area contributed by atoms with Gasteiger partial charge in [-0.2, -0.15) is 0 Å². The summed E-state index contributed by atoms with van der Waals surface area (Å²) in [5, 5.41) is 2.34. The van der Waals surface area contributed by atoms with Gasteiger partial charge < -0.3 is 14.5 Å². The quantitative estimate of drug-likeness (QED) is 0.875. The Morgan fingerprint density at radius 1 is 1.26 bits per heavy atom. The monoisotopic (exact) mass is 319 g/mol. The van der Waals surface area contributed by atoms with Gasteiger partial charge in [-0.1, -0.05) is 0 Å². The van der Waals surface area contributed by atoms with E-state index in [4.69, 9.17) is 9.15 Å². The molecule has 2 aromatic rings. The van der Waals surface area contributed by atoms with E-state index < -0.39 is 23.3 Å². The number of amides is 1. The molecule has 0 fully saturated rings. The Morgan fingerprint density at radius 2 is 1.91 bits per heavy atom. The fourth-order valence-corrected chi connectivity index (χ4v) is 1.85. The summed E-state index contributed by atoms with van der Waals surface area (Å²) in [6.07, 6.45) is 0. The van der Waals surface area contributed by atoms with Gasteiger partial charge in [0.2, 0.25) is 0 Å². The Hall–Kier alpha value is -2.96. The van der Waals surface area contributed by atoms with Crippen molar-refractivity contribution < 1.29 is 23.1 Å². The molecule has 0 spiro atoms. The molecule has 0 aliphatic carbocycles. The molecule has 1 heterocycles. The lowest BCUT2D eigenvalue weighted by Gasteiger charge is -2.08. The third kappa shape index (κ3) is 3.82. The first-order valence-corrected chi connectivity index (χ1v) is 6.81. The van der Waals surface area contributed by atoms with Crippen molar-refractivity contribution in [2.24, 2.45) is 0 Å². The highest BCUT2D eigenvalue weighted by atomic mass is 19.1. The lowest BCUT2D eigenvalue weighted by Crippen LogP contribution is -2.20. The molecule has 1 aromatic carbocycles. The molecule has 1 amide bonds. The number of halogens is 1.